The fourth-order valence-electron chi connectivity index (χ4n) is 4.24. The molecule has 0 saturated carbocycles. The number of thioether (sulfide) groups is 1. The highest BCUT2D eigenvalue weighted by Gasteiger charge is 2.53. The fraction of sp³-hybridized carbons (Fsp3) is 0.304. The number of allylic oxidation sites excluding steroid dienone is 1. The minimum atomic E-state index is -0.900. The Hall–Kier alpha value is -2.24. The van der Waals surface area contributed by atoms with E-state index in [2.05, 4.69) is 36.9 Å². The average molecular weight is 427 g/mol. The van der Waals surface area contributed by atoms with Crippen LogP contribution in [-0.4, -0.2) is 21.1 Å². The number of nitrogens with zero attached hydrogens (tertiary/aromatic N) is 2. The molecule has 0 aliphatic carbocycles. The number of aryl methyl sites for hydroxylation is 1. The van der Waals surface area contributed by atoms with Gasteiger partial charge in [0.2, 0.25) is 0 Å². The van der Waals surface area contributed by atoms with Crippen LogP contribution < -0.4 is 0 Å². The second-order valence-corrected chi connectivity index (χ2v) is 9.43. The maximum Gasteiger partial charge on any atom is 0.344 e. The van der Waals surface area contributed by atoms with E-state index in [1.54, 1.807) is 0 Å². The zero-order chi connectivity index (χ0) is 20.9. The summed E-state index contributed by atoms with van der Waals surface area (Å²) >= 11 is 7.41. The maximum atomic E-state index is 11.9. The standard InChI is InChI=1S/C23H23ClN2O2S/c1-13(2)18-19(21(27)28)29-22-25-23(4,16-7-5-6-14(3)12-16)20(26(18)22)15-8-10-17(24)11-9-15/h5-13,20H,1-4H3,(H,27,28)/t20-,23+/m1/s1. The smallest absolute Gasteiger partial charge is 0.344 e. The third-order valence-corrected chi connectivity index (χ3v) is 6.85. The van der Waals surface area contributed by atoms with E-state index in [-0.39, 0.29) is 12.0 Å². The van der Waals surface area contributed by atoms with Crippen molar-refractivity contribution in [2.45, 2.75) is 39.3 Å². The van der Waals surface area contributed by atoms with Gasteiger partial charge in [-0.3, -0.25) is 0 Å². The monoisotopic (exact) mass is 426 g/mol. The molecular formula is C23H23ClN2O2S. The average Bonchev–Trinajstić information content (AvgIpc) is 3.15. The molecule has 29 heavy (non-hydrogen) atoms. The Morgan fingerprint density at radius 3 is 2.52 bits per heavy atom. The zero-order valence-corrected chi connectivity index (χ0v) is 18.4. The summed E-state index contributed by atoms with van der Waals surface area (Å²) in [6.07, 6.45) is 0. The van der Waals surface area contributed by atoms with Gasteiger partial charge in [0.05, 0.1) is 6.04 Å². The van der Waals surface area contributed by atoms with Crippen LogP contribution in [-0.2, 0) is 10.3 Å². The molecular weight excluding hydrogens is 404 g/mol. The van der Waals surface area contributed by atoms with Crippen molar-refractivity contribution in [3.63, 3.8) is 0 Å². The van der Waals surface area contributed by atoms with Crippen LogP contribution in [0.25, 0.3) is 0 Å². The number of halogens is 1. The summed E-state index contributed by atoms with van der Waals surface area (Å²) in [7, 11) is 0. The molecule has 2 aliphatic rings. The Morgan fingerprint density at radius 2 is 1.93 bits per heavy atom. The lowest BCUT2D eigenvalue weighted by atomic mass is 9.80. The van der Waals surface area contributed by atoms with Crippen molar-refractivity contribution in [2.75, 3.05) is 0 Å². The highest BCUT2D eigenvalue weighted by molar-refractivity contribution is 8.18. The molecule has 4 rings (SSSR count). The molecule has 0 saturated heterocycles. The van der Waals surface area contributed by atoms with Crippen molar-refractivity contribution in [1.82, 2.24) is 4.90 Å². The van der Waals surface area contributed by atoms with Crippen molar-refractivity contribution in [3.8, 4) is 0 Å². The molecule has 0 unspecified atom stereocenters. The van der Waals surface area contributed by atoms with Crippen LogP contribution in [0.2, 0.25) is 5.02 Å². The van der Waals surface area contributed by atoms with Crippen LogP contribution in [0.4, 0.5) is 0 Å². The van der Waals surface area contributed by atoms with Gasteiger partial charge >= 0.3 is 5.97 Å². The van der Waals surface area contributed by atoms with Gasteiger partial charge in [-0.1, -0.05) is 67.4 Å². The van der Waals surface area contributed by atoms with E-state index in [0.29, 0.717) is 9.93 Å². The number of carboxylic acids is 1. The first kappa shape index (κ1) is 20.0. The van der Waals surface area contributed by atoms with Gasteiger partial charge < -0.3 is 10.0 Å². The van der Waals surface area contributed by atoms with Gasteiger partial charge in [-0.15, -0.1) is 0 Å². The largest absolute Gasteiger partial charge is 0.477 e. The van der Waals surface area contributed by atoms with Crippen molar-refractivity contribution < 1.29 is 9.90 Å². The third-order valence-electron chi connectivity index (χ3n) is 5.54. The summed E-state index contributed by atoms with van der Waals surface area (Å²) < 4.78 is 0. The van der Waals surface area contributed by atoms with Crippen LogP contribution in [0, 0.1) is 12.8 Å². The molecule has 0 bridgehead atoms. The molecule has 1 N–H and O–H groups in total. The first-order chi connectivity index (χ1) is 13.7. The minimum absolute atomic E-state index is 0.0518. The molecule has 2 aliphatic heterocycles. The van der Waals surface area contributed by atoms with Crippen LogP contribution >= 0.6 is 23.4 Å². The van der Waals surface area contributed by atoms with Gasteiger partial charge in [0, 0.05) is 10.7 Å². The topological polar surface area (TPSA) is 52.9 Å². The molecule has 0 aromatic heterocycles. The Bertz CT molecular complexity index is 1050. The number of carbonyl (C=O) groups is 1. The number of hydrogen-bond acceptors (Lipinski definition) is 4. The van der Waals surface area contributed by atoms with Crippen LogP contribution in [0.3, 0.4) is 0 Å². The second-order valence-electron chi connectivity index (χ2n) is 8.01. The quantitative estimate of drug-likeness (QED) is 0.653. The number of hydrogen-bond donors (Lipinski definition) is 1. The lowest BCUT2D eigenvalue weighted by Crippen LogP contribution is -2.36. The predicted octanol–water partition coefficient (Wildman–Crippen LogP) is 5.98. The van der Waals surface area contributed by atoms with Crippen molar-refractivity contribution in [3.05, 3.63) is 80.8 Å². The van der Waals surface area contributed by atoms with Crippen molar-refractivity contribution in [2.24, 2.45) is 10.9 Å². The maximum absolute atomic E-state index is 11.9. The number of aliphatic carboxylic acids is 1. The molecule has 0 spiro atoms. The van der Waals surface area contributed by atoms with Gasteiger partial charge in [0.25, 0.3) is 0 Å². The van der Waals surface area contributed by atoms with E-state index in [1.165, 1.54) is 17.3 Å². The van der Waals surface area contributed by atoms with Gasteiger partial charge in [-0.25, -0.2) is 9.79 Å². The van der Waals surface area contributed by atoms with Gasteiger partial charge in [0.15, 0.2) is 5.17 Å². The number of amidine groups is 1. The van der Waals surface area contributed by atoms with E-state index in [9.17, 15) is 9.90 Å². The first-order valence-corrected chi connectivity index (χ1v) is 10.8. The van der Waals surface area contributed by atoms with Gasteiger partial charge in [-0.05, 0) is 54.8 Å². The van der Waals surface area contributed by atoms with Crippen LogP contribution in [0.15, 0.2) is 64.1 Å². The van der Waals surface area contributed by atoms with Crippen LogP contribution in [0.5, 0.6) is 0 Å². The third kappa shape index (κ3) is 3.26. The Morgan fingerprint density at radius 1 is 1.24 bits per heavy atom. The van der Waals surface area contributed by atoms with E-state index in [0.717, 1.165) is 22.0 Å². The second kappa shape index (κ2) is 7.22. The van der Waals surface area contributed by atoms with Crippen LogP contribution in [0.1, 0.15) is 43.5 Å². The Balaban J connectivity index is 1.93. The van der Waals surface area contributed by atoms with E-state index >= 15 is 0 Å². The highest BCUT2D eigenvalue weighted by Crippen LogP contribution is 2.56. The molecule has 150 valence electrons. The molecule has 2 heterocycles. The summed E-state index contributed by atoms with van der Waals surface area (Å²) in [5, 5.41) is 11.2. The van der Waals surface area contributed by atoms with Crippen molar-refractivity contribution >= 4 is 34.5 Å². The summed E-state index contributed by atoms with van der Waals surface area (Å²) in [5.74, 6) is -0.848. The van der Waals surface area contributed by atoms with E-state index in [4.69, 9.17) is 16.6 Å². The number of aliphatic imine (C=N–C) groups is 1. The molecule has 2 aromatic carbocycles. The van der Waals surface area contributed by atoms with Crippen molar-refractivity contribution in [1.29, 1.82) is 0 Å². The molecule has 2 aromatic rings. The molecule has 0 radical (unpaired) electrons. The summed E-state index contributed by atoms with van der Waals surface area (Å²) in [5.41, 5.74) is 3.61. The number of fused-ring (bicyclic) bond motifs is 1. The fourth-order valence-corrected chi connectivity index (χ4v) is 5.61. The molecule has 6 heteroatoms. The summed E-state index contributed by atoms with van der Waals surface area (Å²) in [4.78, 5) is 19.5. The Kier molecular flexibility index (Phi) is 4.99. The van der Waals surface area contributed by atoms with E-state index < -0.39 is 11.5 Å². The normalized spacial score (nSPS) is 23.6. The Labute approximate surface area is 180 Å². The predicted molar refractivity (Wildman–Crippen MR) is 119 cm³/mol. The lowest BCUT2D eigenvalue weighted by Gasteiger charge is -2.37. The summed E-state index contributed by atoms with van der Waals surface area (Å²) in [6.45, 7) is 8.27. The zero-order valence-electron chi connectivity index (χ0n) is 16.8. The van der Waals surface area contributed by atoms with Gasteiger partial charge in [-0.2, -0.15) is 0 Å². The summed E-state index contributed by atoms with van der Waals surface area (Å²) in [6, 6.07) is 16.0. The molecule has 4 nitrogen and oxygen atoms in total. The van der Waals surface area contributed by atoms with E-state index in [1.807, 2.05) is 44.2 Å². The number of carboxylic acid groups (broad SMARTS) is 1. The number of rotatable bonds is 4. The van der Waals surface area contributed by atoms with Gasteiger partial charge in [0.1, 0.15) is 10.4 Å². The SMILES string of the molecule is Cc1cccc([C@]2(C)N=C3SC(C(=O)O)=C(C(C)C)N3[C@@H]2c2ccc(Cl)cc2)c1. The minimum Gasteiger partial charge on any atom is -0.477 e. The number of benzene rings is 2. The lowest BCUT2D eigenvalue weighted by molar-refractivity contribution is -0.131. The first-order valence-electron chi connectivity index (χ1n) is 9.59. The molecule has 2 atom stereocenters. The highest BCUT2D eigenvalue weighted by atomic mass is 35.5. The molecule has 0 amide bonds. The molecule has 0 fully saturated rings.